The van der Waals surface area contributed by atoms with Gasteiger partial charge < -0.3 is 4.74 Å². The molecule has 1 saturated carbocycles. The second-order valence-corrected chi connectivity index (χ2v) is 13.1. The number of benzene rings is 1. The second-order valence-electron chi connectivity index (χ2n) is 8.07. The van der Waals surface area contributed by atoms with Gasteiger partial charge in [-0.15, -0.1) is 0 Å². The van der Waals surface area contributed by atoms with Gasteiger partial charge in [-0.05, 0) is 49.9 Å². The van der Waals surface area contributed by atoms with Crippen LogP contribution < -0.4 is 14.9 Å². The van der Waals surface area contributed by atoms with E-state index < -0.39 is 38.4 Å². The summed E-state index contributed by atoms with van der Waals surface area (Å²) >= 11 is 0.743. The van der Waals surface area contributed by atoms with E-state index in [1.165, 1.54) is 17.0 Å². The standard InChI is InChI=1S/C21H28N4O7S3/c1-3-32-18(26)12-23-35(30,31)19-13-22-20(33-19)24-21(27)25(14-15-6-4-5-7-15)16-8-10-17(11-9-16)34(2,28)29/h8-11,13,15,23H,3-7,12,14H2,1-2H3,(H,22,24,27). The number of nitrogens with one attached hydrogen (secondary N) is 2. The number of rotatable bonds is 10. The molecule has 1 heterocycles. The summed E-state index contributed by atoms with van der Waals surface area (Å²) in [6.07, 6.45) is 6.34. The van der Waals surface area contributed by atoms with Gasteiger partial charge in [0.25, 0.3) is 10.0 Å². The lowest BCUT2D eigenvalue weighted by Crippen LogP contribution is -2.38. The van der Waals surface area contributed by atoms with E-state index in [9.17, 15) is 26.4 Å². The highest BCUT2D eigenvalue weighted by Gasteiger charge is 2.25. The average Bonchev–Trinajstić information content (AvgIpc) is 3.48. The van der Waals surface area contributed by atoms with Crippen molar-refractivity contribution in [1.29, 1.82) is 0 Å². The molecule has 1 aliphatic rings. The highest BCUT2D eigenvalue weighted by atomic mass is 32.2. The SMILES string of the molecule is CCOC(=O)CNS(=O)(=O)c1cnc(NC(=O)N(CC2CCCC2)c2ccc(S(C)(=O)=O)cc2)s1. The molecule has 1 aromatic heterocycles. The van der Waals surface area contributed by atoms with Crippen molar-refractivity contribution in [2.75, 3.05) is 36.2 Å². The molecule has 0 unspecified atom stereocenters. The Morgan fingerprint density at radius 1 is 1.14 bits per heavy atom. The van der Waals surface area contributed by atoms with E-state index in [2.05, 4.69) is 15.0 Å². The number of amides is 2. The first-order chi connectivity index (χ1) is 16.5. The fraction of sp³-hybridized carbons (Fsp3) is 0.476. The van der Waals surface area contributed by atoms with E-state index in [0.29, 0.717) is 18.2 Å². The van der Waals surface area contributed by atoms with Gasteiger partial charge in [0.05, 0.1) is 17.7 Å². The molecule has 3 rings (SSSR count). The molecule has 0 aliphatic heterocycles. The largest absolute Gasteiger partial charge is 0.465 e. The molecule has 11 nitrogen and oxygen atoms in total. The smallest absolute Gasteiger partial charge is 0.328 e. The lowest BCUT2D eigenvalue weighted by Gasteiger charge is -2.26. The van der Waals surface area contributed by atoms with Gasteiger partial charge in [0, 0.05) is 18.5 Å². The Hall–Kier alpha value is -2.55. The predicted molar refractivity (Wildman–Crippen MR) is 132 cm³/mol. The topological polar surface area (TPSA) is 152 Å². The van der Waals surface area contributed by atoms with Crippen LogP contribution in [0.1, 0.15) is 32.6 Å². The summed E-state index contributed by atoms with van der Waals surface area (Å²) in [7, 11) is -7.40. The van der Waals surface area contributed by atoms with Crippen LogP contribution in [0.15, 0.2) is 39.6 Å². The fourth-order valence-corrected chi connectivity index (χ4v) is 6.33. The van der Waals surface area contributed by atoms with Gasteiger partial charge in [0.15, 0.2) is 19.2 Å². The number of hydrogen-bond donors (Lipinski definition) is 2. The van der Waals surface area contributed by atoms with Crippen LogP contribution >= 0.6 is 11.3 Å². The molecule has 192 valence electrons. The third-order valence-electron chi connectivity index (χ3n) is 5.41. The van der Waals surface area contributed by atoms with Crippen molar-refractivity contribution >= 4 is 54.0 Å². The summed E-state index contributed by atoms with van der Waals surface area (Å²) in [5.74, 6) is -0.409. The number of carbonyl (C=O) groups excluding carboxylic acids is 2. The van der Waals surface area contributed by atoms with E-state index in [1.807, 2.05) is 0 Å². The van der Waals surface area contributed by atoms with Crippen molar-refractivity contribution in [3.63, 3.8) is 0 Å². The number of anilines is 2. The van der Waals surface area contributed by atoms with Crippen LogP contribution in [0.5, 0.6) is 0 Å². The number of nitrogens with zero attached hydrogens (tertiary/aromatic N) is 2. The van der Waals surface area contributed by atoms with Gasteiger partial charge >= 0.3 is 12.0 Å². The summed E-state index contributed by atoms with van der Waals surface area (Å²) in [6, 6.07) is 5.53. The molecule has 0 radical (unpaired) electrons. The van der Waals surface area contributed by atoms with Crippen molar-refractivity contribution in [3.05, 3.63) is 30.5 Å². The van der Waals surface area contributed by atoms with Crippen molar-refractivity contribution in [2.45, 2.75) is 41.7 Å². The minimum Gasteiger partial charge on any atom is -0.465 e. The maximum absolute atomic E-state index is 13.2. The quantitative estimate of drug-likeness (QED) is 0.433. The van der Waals surface area contributed by atoms with Crippen LogP contribution in [0.4, 0.5) is 15.6 Å². The summed E-state index contributed by atoms with van der Waals surface area (Å²) in [6.45, 7) is 1.66. The number of thiazole rings is 1. The Balaban J connectivity index is 1.75. The number of esters is 1. The Bertz CT molecular complexity index is 1250. The third kappa shape index (κ3) is 7.46. The van der Waals surface area contributed by atoms with Crippen LogP contribution in [-0.2, 0) is 29.4 Å². The molecule has 14 heteroatoms. The van der Waals surface area contributed by atoms with Gasteiger partial charge in [0.2, 0.25) is 0 Å². The lowest BCUT2D eigenvalue weighted by molar-refractivity contribution is -0.141. The van der Waals surface area contributed by atoms with Gasteiger partial charge in [0.1, 0.15) is 6.54 Å². The van der Waals surface area contributed by atoms with Crippen LogP contribution in [0.3, 0.4) is 0 Å². The number of aromatic nitrogens is 1. The van der Waals surface area contributed by atoms with Crippen molar-refractivity contribution in [3.8, 4) is 0 Å². The number of carbonyl (C=O) groups is 2. The first kappa shape index (κ1) is 27.0. The maximum Gasteiger partial charge on any atom is 0.328 e. The van der Waals surface area contributed by atoms with E-state index in [4.69, 9.17) is 4.74 Å². The Labute approximate surface area is 208 Å². The molecule has 35 heavy (non-hydrogen) atoms. The average molecular weight is 545 g/mol. The molecular formula is C21H28N4O7S3. The zero-order chi connectivity index (χ0) is 25.6. The van der Waals surface area contributed by atoms with Crippen molar-refractivity contribution < 1.29 is 31.2 Å². The first-order valence-corrected chi connectivity index (χ1v) is 15.2. The first-order valence-electron chi connectivity index (χ1n) is 11.0. The zero-order valence-corrected chi connectivity index (χ0v) is 21.8. The van der Waals surface area contributed by atoms with E-state index >= 15 is 0 Å². The monoisotopic (exact) mass is 544 g/mol. The Kier molecular flexibility index (Phi) is 8.85. The zero-order valence-electron chi connectivity index (χ0n) is 19.4. The molecule has 1 fully saturated rings. The van der Waals surface area contributed by atoms with Crippen LogP contribution in [0.2, 0.25) is 0 Å². The minimum absolute atomic E-state index is 0.0655. The number of hydrogen-bond acceptors (Lipinski definition) is 9. The molecule has 2 N–H and O–H groups in total. The van der Waals surface area contributed by atoms with Gasteiger partial charge in [-0.3, -0.25) is 15.0 Å². The molecule has 2 amide bonds. The molecule has 1 aromatic carbocycles. The van der Waals surface area contributed by atoms with Gasteiger partial charge in [-0.1, -0.05) is 24.2 Å². The maximum atomic E-state index is 13.2. The number of ether oxygens (including phenoxy) is 1. The van der Waals surface area contributed by atoms with Gasteiger partial charge in [-0.25, -0.2) is 26.6 Å². The molecular weight excluding hydrogens is 516 g/mol. The van der Waals surface area contributed by atoms with Crippen LogP contribution in [0.25, 0.3) is 0 Å². The summed E-state index contributed by atoms with van der Waals surface area (Å²) in [5, 5.41) is 2.69. The summed E-state index contributed by atoms with van der Waals surface area (Å²) in [5.41, 5.74) is 0.516. The fourth-order valence-electron chi connectivity index (χ4n) is 3.67. The molecule has 2 aromatic rings. The minimum atomic E-state index is -4.02. The highest BCUT2D eigenvalue weighted by Crippen LogP contribution is 2.29. The number of sulfone groups is 1. The van der Waals surface area contributed by atoms with Crippen LogP contribution in [0, 0.1) is 5.92 Å². The lowest BCUT2D eigenvalue weighted by atomic mass is 10.1. The van der Waals surface area contributed by atoms with E-state index in [0.717, 1.165) is 49.5 Å². The number of sulfonamides is 1. The second kappa shape index (κ2) is 11.5. The summed E-state index contributed by atoms with van der Waals surface area (Å²) in [4.78, 5) is 30.2. The van der Waals surface area contributed by atoms with E-state index in [-0.39, 0.29) is 20.8 Å². The third-order valence-corrected chi connectivity index (χ3v) is 9.32. The van der Waals surface area contributed by atoms with Crippen molar-refractivity contribution in [1.82, 2.24) is 9.71 Å². The molecule has 0 bridgehead atoms. The normalized spacial score (nSPS) is 14.6. The Morgan fingerprint density at radius 3 is 2.40 bits per heavy atom. The van der Waals surface area contributed by atoms with Gasteiger partial charge in [-0.2, -0.15) is 4.72 Å². The van der Waals surface area contributed by atoms with Crippen LogP contribution in [-0.4, -0.2) is 59.8 Å². The Morgan fingerprint density at radius 2 is 1.80 bits per heavy atom. The number of urea groups is 1. The molecule has 0 saturated heterocycles. The highest BCUT2D eigenvalue weighted by molar-refractivity contribution is 7.91. The predicted octanol–water partition coefficient (Wildman–Crippen LogP) is 2.62. The van der Waals surface area contributed by atoms with E-state index in [1.54, 1.807) is 19.1 Å². The molecule has 1 aliphatic carbocycles. The molecule has 0 atom stereocenters. The van der Waals surface area contributed by atoms with Crippen molar-refractivity contribution in [2.24, 2.45) is 5.92 Å². The summed E-state index contributed by atoms with van der Waals surface area (Å²) < 4.78 is 55.1. The molecule has 0 spiro atoms.